The molecule has 0 fully saturated rings. The third kappa shape index (κ3) is 4.24. The molecule has 0 spiro atoms. The van der Waals surface area contributed by atoms with E-state index in [1.807, 2.05) is 12.1 Å². The number of rotatable bonds is 5. The number of amides is 1. The summed E-state index contributed by atoms with van der Waals surface area (Å²) in [5, 5.41) is 13.5. The number of fused-ring (bicyclic) bond motifs is 1. The van der Waals surface area contributed by atoms with Gasteiger partial charge in [-0.2, -0.15) is 23.5 Å². The molecule has 8 heteroatoms. The van der Waals surface area contributed by atoms with Crippen molar-refractivity contribution in [3.05, 3.63) is 77.0 Å². The third-order valence-corrected chi connectivity index (χ3v) is 5.61. The topological polar surface area (TPSA) is 61.9 Å². The second-order valence-electron chi connectivity index (χ2n) is 7.87. The molecule has 164 valence electrons. The fourth-order valence-corrected chi connectivity index (χ4v) is 3.97. The Hall–Kier alpha value is -3.60. The van der Waals surface area contributed by atoms with Gasteiger partial charge in [0.1, 0.15) is 5.69 Å². The smallest absolute Gasteiger partial charge is 0.331 e. The molecule has 0 aliphatic carbocycles. The van der Waals surface area contributed by atoms with Crippen LogP contribution >= 0.6 is 0 Å². The van der Waals surface area contributed by atoms with E-state index in [1.54, 1.807) is 27.8 Å². The summed E-state index contributed by atoms with van der Waals surface area (Å²) in [5.41, 5.74) is 2.19. The van der Waals surface area contributed by atoms with Gasteiger partial charge in [-0.3, -0.25) is 9.48 Å². The van der Waals surface area contributed by atoms with E-state index in [1.165, 1.54) is 12.1 Å². The summed E-state index contributed by atoms with van der Waals surface area (Å²) in [4.78, 5) is 14.9. The van der Waals surface area contributed by atoms with Gasteiger partial charge in [-0.25, -0.2) is 0 Å². The highest BCUT2D eigenvalue weighted by Gasteiger charge is 2.33. The molecule has 0 saturated carbocycles. The molecule has 0 bridgehead atoms. The molecule has 1 amide bonds. The zero-order valence-corrected chi connectivity index (χ0v) is 17.4. The molecule has 0 N–H and O–H groups in total. The number of halogens is 3. The van der Waals surface area contributed by atoms with Crippen molar-refractivity contribution in [1.82, 2.24) is 14.7 Å². The summed E-state index contributed by atoms with van der Waals surface area (Å²) in [6, 6.07) is 15.6. The fourth-order valence-electron chi connectivity index (χ4n) is 3.97. The minimum Gasteiger partial charge on any atom is -0.331 e. The number of aromatic nitrogens is 2. The lowest BCUT2D eigenvalue weighted by atomic mass is 10.1. The van der Waals surface area contributed by atoms with Crippen molar-refractivity contribution in [2.24, 2.45) is 0 Å². The summed E-state index contributed by atoms with van der Waals surface area (Å²) in [7, 11) is 0. The highest BCUT2D eigenvalue weighted by molar-refractivity contribution is 5.94. The molecular formula is C24H21F3N4O. The average molecular weight is 438 g/mol. The normalized spacial score (nSPS) is 16.0. The number of hydrogen-bond acceptors (Lipinski definition) is 3. The average Bonchev–Trinajstić information content (AvgIpc) is 3.23. The predicted octanol–water partition coefficient (Wildman–Crippen LogP) is 5.44. The third-order valence-electron chi connectivity index (χ3n) is 5.61. The van der Waals surface area contributed by atoms with E-state index in [0.29, 0.717) is 35.6 Å². The molecule has 1 aromatic heterocycles. The molecule has 2 aromatic carbocycles. The van der Waals surface area contributed by atoms with Gasteiger partial charge in [0.2, 0.25) is 0 Å². The first-order valence-electron chi connectivity index (χ1n) is 10.4. The number of carbonyl (C=O) groups is 1. The van der Waals surface area contributed by atoms with Gasteiger partial charge in [0.25, 0.3) is 5.91 Å². The van der Waals surface area contributed by atoms with Gasteiger partial charge in [-0.15, -0.1) is 0 Å². The lowest BCUT2D eigenvalue weighted by molar-refractivity contribution is -0.137. The molecule has 1 atom stereocenters. The number of nitriles is 1. The van der Waals surface area contributed by atoms with Crippen LogP contribution < -0.4 is 0 Å². The van der Waals surface area contributed by atoms with Crippen LogP contribution in [0, 0.1) is 11.3 Å². The fraction of sp³-hybridized carbons (Fsp3) is 0.292. The number of hydrogen-bond donors (Lipinski definition) is 0. The molecule has 1 aliphatic heterocycles. The van der Waals surface area contributed by atoms with E-state index in [9.17, 15) is 18.0 Å². The van der Waals surface area contributed by atoms with Crippen LogP contribution in [-0.4, -0.2) is 27.1 Å². The van der Waals surface area contributed by atoms with Crippen molar-refractivity contribution in [3.8, 4) is 17.3 Å². The van der Waals surface area contributed by atoms with E-state index in [-0.39, 0.29) is 11.9 Å². The van der Waals surface area contributed by atoms with Gasteiger partial charge in [0.05, 0.1) is 28.9 Å². The first-order chi connectivity index (χ1) is 15.3. The number of nitrogens with zero attached hydrogens (tertiary/aromatic N) is 4. The molecule has 0 radical (unpaired) electrons. The molecular weight excluding hydrogens is 417 g/mol. The van der Waals surface area contributed by atoms with Crippen molar-refractivity contribution in [1.29, 1.82) is 5.26 Å². The van der Waals surface area contributed by atoms with Crippen molar-refractivity contribution in [3.63, 3.8) is 0 Å². The monoisotopic (exact) mass is 438 g/mol. The zero-order chi connectivity index (χ0) is 22.9. The second-order valence-corrected chi connectivity index (χ2v) is 7.87. The summed E-state index contributed by atoms with van der Waals surface area (Å²) >= 11 is 0. The van der Waals surface area contributed by atoms with Crippen LogP contribution in [0.5, 0.6) is 0 Å². The Morgan fingerprint density at radius 3 is 2.41 bits per heavy atom. The van der Waals surface area contributed by atoms with E-state index >= 15 is 0 Å². The predicted molar refractivity (Wildman–Crippen MR) is 113 cm³/mol. The van der Waals surface area contributed by atoms with Gasteiger partial charge < -0.3 is 4.90 Å². The molecule has 5 nitrogen and oxygen atoms in total. The Labute approximate surface area is 183 Å². The van der Waals surface area contributed by atoms with Crippen LogP contribution in [-0.2, 0) is 12.7 Å². The van der Waals surface area contributed by atoms with Gasteiger partial charge in [0, 0.05) is 18.7 Å². The second kappa shape index (κ2) is 8.50. The van der Waals surface area contributed by atoms with Crippen LogP contribution in [0.1, 0.15) is 53.0 Å². The zero-order valence-electron chi connectivity index (χ0n) is 17.4. The Morgan fingerprint density at radius 1 is 1.12 bits per heavy atom. The van der Waals surface area contributed by atoms with E-state index < -0.39 is 11.7 Å². The largest absolute Gasteiger partial charge is 0.416 e. The lowest BCUT2D eigenvalue weighted by Crippen LogP contribution is -2.42. The van der Waals surface area contributed by atoms with Crippen molar-refractivity contribution < 1.29 is 18.0 Å². The highest BCUT2D eigenvalue weighted by atomic mass is 19.4. The molecule has 0 saturated heterocycles. The van der Waals surface area contributed by atoms with Gasteiger partial charge in [-0.05, 0) is 42.3 Å². The Balaban J connectivity index is 1.63. The van der Waals surface area contributed by atoms with Gasteiger partial charge >= 0.3 is 6.18 Å². The maximum Gasteiger partial charge on any atom is 0.416 e. The van der Waals surface area contributed by atoms with Gasteiger partial charge in [0.15, 0.2) is 0 Å². The van der Waals surface area contributed by atoms with Gasteiger partial charge in [-0.1, -0.05) is 37.6 Å². The number of alkyl halides is 3. The summed E-state index contributed by atoms with van der Waals surface area (Å²) in [6.45, 7) is 2.96. The first kappa shape index (κ1) is 21.6. The minimum absolute atomic E-state index is 0.0192. The Bertz CT molecular complexity index is 1160. The van der Waals surface area contributed by atoms with E-state index in [2.05, 4.69) is 18.1 Å². The van der Waals surface area contributed by atoms with Crippen LogP contribution in [0.15, 0.2) is 54.6 Å². The molecule has 1 unspecified atom stereocenters. The van der Waals surface area contributed by atoms with Crippen LogP contribution in [0.3, 0.4) is 0 Å². The standard InChI is InChI=1S/C24H21F3N4O/c1-2-3-20-15-30(14-17-6-4-16(13-28)5-7-17)23(32)22-12-21(29-31(20)22)18-8-10-19(11-9-18)24(25,26)27/h4-12,20H,2-3,14-15H2,1H3. The van der Waals surface area contributed by atoms with Crippen molar-refractivity contribution in [2.45, 2.75) is 38.5 Å². The number of benzene rings is 2. The SMILES string of the molecule is CCCC1CN(Cc2ccc(C#N)cc2)C(=O)c2cc(-c3ccc(C(F)(F)F)cc3)nn21. The van der Waals surface area contributed by atoms with Crippen LogP contribution in [0.4, 0.5) is 13.2 Å². The summed E-state index contributed by atoms with van der Waals surface area (Å²) in [5.74, 6) is -0.174. The Kier molecular flexibility index (Phi) is 5.74. The molecule has 32 heavy (non-hydrogen) atoms. The minimum atomic E-state index is -4.40. The maximum atomic E-state index is 13.2. The molecule has 2 heterocycles. The Morgan fingerprint density at radius 2 is 1.81 bits per heavy atom. The molecule has 3 aromatic rings. The van der Waals surface area contributed by atoms with Crippen LogP contribution in [0.2, 0.25) is 0 Å². The van der Waals surface area contributed by atoms with Crippen LogP contribution in [0.25, 0.3) is 11.3 Å². The van der Waals surface area contributed by atoms with E-state index in [4.69, 9.17) is 5.26 Å². The number of carbonyl (C=O) groups excluding carboxylic acids is 1. The summed E-state index contributed by atoms with van der Waals surface area (Å²) in [6.07, 6.45) is -2.68. The quantitative estimate of drug-likeness (QED) is 0.533. The van der Waals surface area contributed by atoms with Crippen molar-refractivity contribution in [2.75, 3.05) is 6.54 Å². The van der Waals surface area contributed by atoms with Crippen molar-refractivity contribution >= 4 is 5.91 Å². The molecule has 1 aliphatic rings. The maximum absolute atomic E-state index is 13.2. The first-order valence-corrected chi connectivity index (χ1v) is 10.4. The highest BCUT2D eigenvalue weighted by Crippen LogP contribution is 2.33. The lowest BCUT2D eigenvalue weighted by Gasteiger charge is -2.33. The molecule has 4 rings (SSSR count). The van der Waals surface area contributed by atoms with E-state index in [0.717, 1.165) is 30.5 Å². The summed E-state index contributed by atoms with van der Waals surface area (Å²) < 4.78 is 40.3.